The van der Waals surface area contributed by atoms with Crippen molar-refractivity contribution in [3.8, 4) is 0 Å². The van der Waals surface area contributed by atoms with E-state index in [4.69, 9.17) is 4.74 Å². The van der Waals surface area contributed by atoms with E-state index in [1.807, 2.05) is 30.3 Å². The van der Waals surface area contributed by atoms with Crippen molar-refractivity contribution < 1.29 is 14.3 Å². The van der Waals surface area contributed by atoms with Gasteiger partial charge in [-0.1, -0.05) is 30.3 Å². The van der Waals surface area contributed by atoms with Gasteiger partial charge in [0.1, 0.15) is 12.3 Å². The van der Waals surface area contributed by atoms with Crippen LogP contribution in [0.5, 0.6) is 0 Å². The van der Waals surface area contributed by atoms with Crippen LogP contribution in [0, 0.1) is 0 Å². The van der Waals surface area contributed by atoms with Crippen LogP contribution in [-0.2, 0) is 16.1 Å². The maximum atomic E-state index is 12.0. The van der Waals surface area contributed by atoms with Crippen molar-refractivity contribution in [1.82, 2.24) is 20.8 Å². The molecule has 3 N–H and O–H groups in total. The lowest BCUT2D eigenvalue weighted by Gasteiger charge is -2.14. The molecule has 2 atom stereocenters. The Balaban J connectivity index is 1.35. The summed E-state index contributed by atoms with van der Waals surface area (Å²) < 4.78 is 5.44. The van der Waals surface area contributed by atoms with Crippen molar-refractivity contribution in [3.05, 3.63) is 53.9 Å². The number of carbonyl (C=O) groups is 2. The minimum atomic E-state index is -0.166. The third kappa shape index (κ3) is 5.15. The maximum Gasteiger partial charge on any atom is 0.269 e. The van der Waals surface area contributed by atoms with Crippen molar-refractivity contribution >= 4 is 11.8 Å². The molecule has 0 bridgehead atoms. The zero-order valence-electron chi connectivity index (χ0n) is 13.9. The average Bonchev–Trinajstić information content (AvgIpc) is 3.28. The highest BCUT2D eigenvalue weighted by atomic mass is 16.5. The van der Waals surface area contributed by atoms with Gasteiger partial charge in [0, 0.05) is 18.3 Å². The molecule has 1 fully saturated rings. The molecule has 0 aliphatic heterocycles. The second-order valence-corrected chi connectivity index (χ2v) is 6.20. The molecule has 2 aromatic rings. The van der Waals surface area contributed by atoms with Gasteiger partial charge >= 0.3 is 0 Å². The smallest absolute Gasteiger partial charge is 0.269 e. The Hall–Kier alpha value is -2.67. The molecule has 25 heavy (non-hydrogen) atoms. The highest BCUT2D eigenvalue weighted by Crippen LogP contribution is 2.19. The highest BCUT2D eigenvalue weighted by Gasteiger charge is 2.27. The van der Waals surface area contributed by atoms with Gasteiger partial charge in [-0.25, -0.2) is 0 Å². The van der Waals surface area contributed by atoms with Crippen molar-refractivity contribution in [1.29, 1.82) is 0 Å². The summed E-state index contributed by atoms with van der Waals surface area (Å²) in [5.74, 6) is -0.290. The molecule has 1 aliphatic carbocycles. The first-order valence-electron chi connectivity index (χ1n) is 8.42. The van der Waals surface area contributed by atoms with Crippen molar-refractivity contribution in [3.63, 3.8) is 0 Å². The number of ether oxygens (including phenoxy) is 1. The zero-order valence-corrected chi connectivity index (χ0v) is 13.9. The number of nitrogens with zero attached hydrogens (tertiary/aromatic N) is 1. The number of nitrogens with one attached hydrogen (secondary N) is 3. The molecule has 0 spiro atoms. The minimum Gasteiger partial charge on any atom is -0.367 e. The van der Waals surface area contributed by atoms with Gasteiger partial charge < -0.3 is 15.4 Å². The van der Waals surface area contributed by atoms with Gasteiger partial charge in [0.05, 0.1) is 6.61 Å². The molecule has 2 amide bonds. The molecule has 1 heterocycles. The van der Waals surface area contributed by atoms with Gasteiger partial charge in [-0.05, 0) is 30.9 Å². The van der Waals surface area contributed by atoms with Crippen LogP contribution in [0.2, 0.25) is 0 Å². The normalized spacial score (nSPS) is 19.5. The third-order valence-corrected chi connectivity index (χ3v) is 4.22. The Morgan fingerprint density at radius 3 is 2.60 bits per heavy atom. The topological polar surface area (TPSA) is 96.1 Å². The lowest BCUT2D eigenvalue weighted by Crippen LogP contribution is -2.38. The van der Waals surface area contributed by atoms with Gasteiger partial charge in [-0.3, -0.25) is 14.7 Å². The van der Waals surface area contributed by atoms with Crippen LogP contribution in [0.1, 0.15) is 35.3 Å². The Labute approximate surface area is 146 Å². The number of aromatic nitrogens is 2. The fourth-order valence-corrected chi connectivity index (χ4v) is 2.99. The van der Waals surface area contributed by atoms with Crippen LogP contribution in [-0.4, -0.2) is 40.7 Å². The summed E-state index contributed by atoms with van der Waals surface area (Å²) in [6, 6.07) is 11.5. The first-order valence-corrected chi connectivity index (χ1v) is 8.42. The Morgan fingerprint density at radius 1 is 1.12 bits per heavy atom. The number of hydrogen-bond donors (Lipinski definition) is 3. The molecular formula is C18H22N4O3. The van der Waals surface area contributed by atoms with Crippen LogP contribution in [0.3, 0.4) is 0 Å². The first kappa shape index (κ1) is 17.2. The number of carbonyl (C=O) groups excluding carboxylic acids is 2. The van der Waals surface area contributed by atoms with Gasteiger partial charge in [-0.2, -0.15) is 5.10 Å². The van der Waals surface area contributed by atoms with E-state index in [2.05, 4.69) is 20.8 Å². The Morgan fingerprint density at radius 2 is 1.88 bits per heavy atom. The second-order valence-electron chi connectivity index (χ2n) is 6.20. The molecule has 1 aromatic carbocycles. The molecular weight excluding hydrogens is 320 g/mol. The summed E-state index contributed by atoms with van der Waals surface area (Å²) in [6.45, 7) is 0.457. The molecule has 3 rings (SSSR count). The highest BCUT2D eigenvalue weighted by molar-refractivity contribution is 5.92. The van der Waals surface area contributed by atoms with Crippen molar-refractivity contribution in [2.45, 2.75) is 38.0 Å². The summed E-state index contributed by atoms with van der Waals surface area (Å²) >= 11 is 0. The third-order valence-electron chi connectivity index (χ3n) is 4.22. The standard InChI is InChI=1S/C18H22N4O3/c23-17(12-25-11-13-4-2-1-3-5-13)20-14-6-7-15(10-14)21-18(24)16-8-9-19-22-16/h1-5,8-9,14-15H,6-7,10-12H2,(H,19,22)(H,20,23)(H,21,24)/t14-,15+/m1/s1. The van der Waals surface area contributed by atoms with E-state index in [0.29, 0.717) is 12.3 Å². The number of rotatable bonds is 7. The first-order chi connectivity index (χ1) is 12.2. The van der Waals surface area contributed by atoms with Crippen LogP contribution < -0.4 is 10.6 Å². The molecule has 7 heteroatoms. The number of hydrogen-bond acceptors (Lipinski definition) is 4. The molecule has 132 valence electrons. The van der Waals surface area contributed by atoms with Crippen LogP contribution in [0.15, 0.2) is 42.6 Å². The fourth-order valence-electron chi connectivity index (χ4n) is 2.99. The summed E-state index contributed by atoms with van der Waals surface area (Å²) in [5, 5.41) is 12.3. The summed E-state index contributed by atoms with van der Waals surface area (Å²) in [7, 11) is 0. The van der Waals surface area contributed by atoms with Gasteiger partial charge in [-0.15, -0.1) is 0 Å². The van der Waals surface area contributed by atoms with Gasteiger partial charge in [0.25, 0.3) is 5.91 Å². The predicted molar refractivity (Wildman–Crippen MR) is 91.7 cm³/mol. The lowest BCUT2D eigenvalue weighted by molar-refractivity contribution is -0.126. The summed E-state index contributed by atoms with van der Waals surface area (Å²) in [5.41, 5.74) is 1.49. The number of benzene rings is 1. The van der Waals surface area contributed by atoms with Gasteiger partial charge in [0.15, 0.2) is 0 Å². The molecule has 0 saturated heterocycles. The van der Waals surface area contributed by atoms with Crippen LogP contribution >= 0.6 is 0 Å². The number of aromatic amines is 1. The molecule has 0 unspecified atom stereocenters. The van der Waals surface area contributed by atoms with Gasteiger partial charge in [0.2, 0.25) is 5.91 Å². The molecule has 1 saturated carbocycles. The SMILES string of the molecule is O=C(COCc1ccccc1)N[C@@H]1CC[C@H](NC(=O)c2ccn[nH]2)C1. The predicted octanol–water partition coefficient (Wildman–Crippen LogP) is 1.39. The number of H-pyrrole nitrogens is 1. The van der Waals surface area contributed by atoms with Crippen molar-refractivity contribution in [2.24, 2.45) is 0 Å². The van der Waals surface area contributed by atoms with E-state index in [-0.39, 0.29) is 30.5 Å². The van der Waals surface area contributed by atoms with Crippen LogP contribution in [0.4, 0.5) is 0 Å². The molecule has 7 nitrogen and oxygen atoms in total. The maximum absolute atomic E-state index is 12.0. The van der Waals surface area contributed by atoms with E-state index in [1.165, 1.54) is 0 Å². The minimum absolute atomic E-state index is 0.0383. The lowest BCUT2D eigenvalue weighted by atomic mass is 10.2. The van der Waals surface area contributed by atoms with Crippen LogP contribution in [0.25, 0.3) is 0 Å². The second kappa shape index (κ2) is 8.43. The zero-order chi connectivity index (χ0) is 17.5. The quantitative estimate of drug-likeness (QED) is 0.708. The Bertz CT molecular complexity index is 688. The van der Waals surface area contributed by atoms with Crippen molar-refractivity contribution in [2.75, 3.05) is 6.61 Å². The average molecular weight is 342 g/mol. The van der Waals surface area contributed by atoms with E-state index in [9.17, 15) is 9.59 Å². The van der Waals surface area contributed by atoms with E-state index in [0.717, 1.165) is 24.8 Å². The molecule has 0 radical (unpaired) electrons. The largest absolute Gasteiger partial charge is 0.367 e. The van der Waals surface area contributed by atoms with E-state index >= 15 is 0 Å². The molecule has 1 aliphatic rings. The fraction of sp³-hybridized carbons (Fsp3) is 0.389. The number of amides is 2. The van der Waals surface area contributed by atoms with E-state index in [1.54, 1.807) is 12.3 Å². The summed E-state index contributed by atoms with van der Waals surface area (Å²) in [6.07, 6.45) is 3.96. The Kier molecular flexibility index (Phi) is 5.79. The summed E-state index contributed by atoms with van der Waals surface area (Å²) in [4.78, 5) is 23.9. The van der Waals surface area contributed by atoms with E-state index < -0.39 is 0 Å². The molecule has 1 aromatic heterocycles. The monoisotopic (exact) mass is 342 g/mol.